The van der Waals surface area contributed by atoms with Crippen LogP contribution in [0.15, 0.2) is 388 Å². The lowest BCUT2D eigenvalue weighted by atomic mass is 9.68. The third kappa shape index (κ3) is 12.0. The average molecular weight is 1280 g/mol. The van der Waals surface area contributed by atoms with Gasteiger partial charge in [0, 0.05) is 73.7 Å². The average Bonchev–Trinajstić information content (AvgIpc) is 1.56. The summed E-state index contributed by atoms with van der Waals surface area (Å²) in [7, 11) is 0. The van der Waals surface area contributed by atoms with E-state index >= 15 is 0 Å². The summed E-state index contributed by atoms with van der Waals surface area (Å²) >= 11 is 0. The number of hydrogen-bond acceptors (Lipinski definition) is 4. The van der Waals surface area contributed by atoms with E-state index in [0.717, 1.165) is 73.7 Å². The first kappa shape index (κ1) is 61.1. The van der Waals surface area contributed by atoms with Crippen molar-refractivity contribution in [1.29, 1.82) is 0 Å². The van der Waals surface area contributed by atoms with Crippen molar-refractivity contribution in [3.8, 4) is 66.8 Å². The van der Waals surface area contributed by atoms with Crippen LogP contribution >= 0.6 is 0 Å². The van der Waals surface area contributed by atoms with E-state index in [1.807, 2.05) is 0 Å². The first-order chi connectivity index (χ1) is 49.5. The van der Waals surface area contributed by atoms with Gasteiger partial charge in [-0.1, -0.05) is 262 Å². The lowest BCUT2D eigenvalue weighted by molar-refractivity contribution is 0.353. The van der Waals surface area contributed by atoms with Gasteiger partial charge < -0.3 is 19.6 Å². The zero-order valence-electron chi connectivity index (χ0n) is 55.8. The van der Waals surface area contributed by atoms with Gasteiger partial charge in [0.25, 0.3) is 0 Å². The van der Waals surface area contributed by atoms with Crippen molar-refractivity contribution in [3.05, 3.63) is 399 Å². The van der Waals surface area contributed by atoms with E-state index in [2.05, 4.69) is 408 Å². The fraction of sp³-hybridized carbons (Fsp3) is 0.0625. The monoisotopic (exact) mass is 1280 g/mol. The Morgan fingerprint density at radius 1 is 0.160 bits per heavy atom. The Hall–Kier alpha value is -12.5. The predicted octanol–water partition coefficient (Wildman–Crippen LogP) is 27.1. The highest BCUT2D eigenvalue weighted by atomic mass is 15.2. The molecule has 15 aromatic rings. The summed E-state index contributed by atoms with van der Waals surface area (Å²) in [6.07, 6.45) is 6.29. The van der Waals surface area contributed by atoms with E-state index in [1.165, 1.54) is 105 Å². The zero-order chi connectivity index (χ0) is 66.6. The summed E-state index contributed by atoms with van der Waals surface area (Å²) in [5, 5.41) is 0. The van der Waals surface area contributed by atoms with Gasteiger partial charge in [0.15, 0.2) is 0 Å². The van der Waals surface area contributed by atoms with Crippen molar-refractivity contribution >= 4 is 68.2 Å². The molecule has 1 spiro atoms. The molecule has 0 N–H and O–H groups in total. The predicted molar refractivity (Wildman–Crippen MR) is 422 cm³/mol. The van der Waals surface area contributed by atoms with Crippen molar-refractivity contribution in [2.45, 2.75) is 37.5 Å². The van der Waals surface area contributed by atoms with Gasteiger partial charge in [-0.3, -0.25) is 0 Å². The van der Waals surface area contributed by atoms with Crippen LogP contribution < -0.4 is 19.6 Å². The van der Waals surface area contributed by atoms with Crippen LogP contribution in [-0.4, -0.2) is 0 Å². The van der Waals surface area contributed by atoms with Crippen molar-refractivity contribution in [1.82, 2.24) is 0 Å². The highest BCUT2D eigenvalue weighted by Gasteiger charge is 2.44. The summed E-state index contributed by atoms with van der Waals surface area (Å²) in [5.74, 6) is 0. The minimum absolute atomic E-state index is 0.0892. The van der Waals surface area contributed by atoms with Crippen LogP contribution in [0.2, 0.25) is 0 Å². The second-order valence-corrected chi connectivity index (χ2v) is 26.4. The van der Waals surface area contributed by atoms with Crippen molar-refractivity contribution < 1.29 is 0 Å². The Bertz CT molecular complexity index is 5200. The fourth-order valence-electron chi connectivity index (χ4n) is 15.5. The first-order valence-corrected chi connectivity index (χ1v) is 35.1. The van der Waals surface area contributed by atoms with Crippen LogP contribution in [0.1, 0.15) is 43.2 Å². The van der Waals surface area contributed by atoms with E-state index in [9.17, 15) is 0 Å². The Labute approximate surface area is 587 Å². The van der Waals surface area contributed by atoms with Gasteiger partial charge in [0.05, 0.1) is 0 Å². The SMILES string of the molecule is c1ccc(N(c2ccccc2)c2ccc(-c3ccc(-c4ccc(N(c5ccccc5)c5ccc(-c6ccc(N(c7ccccc7)c7ccc(-c8ccc(-c9ccc(N(c%10ccccc%10)c%10ccc%11c(c%10)C%10(CCCCC%10)c%10ccccc%10-%11)cc9)cc8)cc7)cc6)cc5)cc4)cc3)cc2)cc1. The molecule has 1 fully saturated rings. The number of fused-ring (bicyclic) bond motifs is 5. The normalized spacial score (nSPS) is 12.7. The minimum atomic E-state index is 0.0892. The highest BCUT2D eigenvalue weighted by molar-refractivity contribution is 5.88. The number of benzene rings is 15. The van der Waals surface area contributed by atoms with E-state index in [1.54, 1.807) is 0 Å². The molecule has 478 valence electrons. The maximum Gasteiger partial charge on any atom is 0.0465 e. The summed E-state index contributed by atoms with van der Waals surface area (Å²) < 4.78 is 0. The number of rotatable bonds is 17. The number of anilines is 12. The number of nitrogens with zero attached hydrogens (tertiary/aromatic N) is 4. The summed E-state index contributed by atoms with van der Waals surface area (Å²) in [4.78, 5) is 9.39. The summed E-state index contributed by atoms with van der Waals surface area (Å²) in [6, 6.07) is 141. The van der Waals surface area contributed by atoms with Crippen LogP contribution in [0.4, 0.5) is 68.2 Å². The summed E-state index contributed by atoms with van der Waals surface area (Å²) in [5.41, 5.74) is 31.0. The molecule has 0 saturated heterocycles. The summed E-state index contributed by atoms with van der Waals surface area (Å²) in [6.45, 7) is 0. The van der Waals surface area contributed by atoms with Gasteiger partial charge in [-0.15, -0.1) is 0 Å². The number of para-hydroxylation sites is 5. The van der Waals surface area contributed by atoms with E-state index < -0.39 is 0 Å². The zero-order valence-corrected chi connectivity index (χ0v) is 55.8. The molecule has 0 unspecified atom stereocenters. The molecule has 0 atom stereocenters. The molecule has 15 aromatic carbocycles. The van der Waals surface area contributed by atoms with Crippen LogP contribution in [-0.2, 0) is 5.41 Å². The van der Waals surface area contributed by atoms with E-state index in [4.69, 9.17) is 0 Å². The molecule has 4 nitrogen and oxygen atoms in total. The second-order valence-electron chi connectivity index (χ2n) is 26.4. The quantitative estimate of drug-likeness (QED) is 0.0901. The highest BCUT2D eigenvalue weighted by Crippen LogP contribution is 2.57. The molecule has 0 radical (unpaired) electrons. The topological polar surface area (TPSA) is 13.0 Å². The van der Waals surface area contributed by atoms with Crippen LogP contribution in [0.25, 0.3) is 66.8 Å². The molecule has 0 aromatic heterocycles. The molecule has 1 saturated carbocycles. The van der Waals surface area contributed by atoms with Gasteiger partial charge in [-0.25, -0.2) is 0 Å². The standard InChI is InChI=1S/C96H74N4/c1-7-21-80(22-8-1)97(81-23-9-2-10-24-81)85-53-41-74(42-54-85)70-33-35-71(36-34-70)75-43-55-86(56-44-75)98(82-25-11-3-12-26-82)88-59-47-78(48-60-88)79-49-61-89(62-50-79)99(83-27-13-4-14-28-83)87-57-45-76(46-58-87)72-37-39-73(40-38-72)77-51-63-90(64-52-77)100(84-29-15-5-16-30-84)91-65-66-93-92-31-17-18-32-94(92)96(95(93)69-91)67-19-6-20-68-96/h1-5,7-18,21-66,69H,6,19-20,67-68H2. The third-order valence-corrected chi connectivity index (χ3v) is 20.5. The molecule has 4 heteroatoms. The Morgan fingerprint density at radius 2 is 0.360 bits per heavy atom. The molecule has 100 heavy (non-hydrogen) atoms. The molecule has 0 heterocycles. The maximum atomic E-state index is 2.51. The molecular weight excluding hydrogens is 1210 g/mol. The van der Waals surface area contributed by atoms with Crippen LogP contribution in [0, 0.1) is 0 Å². The number of hydrogen-bond donors (Lipinski definition) is 0. The van der Waals surface area contributed by atoms with Crippen LogP contribution in [0.5, 0.6) is 0 Å². The Balaban J connectivity index is 0.575. The molecule has 17 rings (SSSR count). The Kier molecular flexibility index (Phi) is 16.6. The first-order valence-electron chi connectivity index (χ1n) is 35.1. The molecule has 2 aliphatic rings. The van der Waals surface area contributed by atoms with E-state index in [0.29, 0.717) is 0 Å². The maximum absolute atomic E-state index is 2.51. The van der Waals surface area contributed by atoms with Gasteiger partial charge in [-0.2, -0.15) is 0 Å². The largest absolute Gasteiger partial charge is 0.311 e. The molecule has 0 aliphatic heterocycles. The van der Waals surface area contributed by atoms with Crippen molar-refractivity contribution in [3.63, 3.8) is 0 Å². The van der Waals surface area contributed by atoms with E-state index in [-0.39, 0.29) is 5.41 Å². The molecule has 0 bridgehead atoms. The van der Waals surface area contributed by atoms with Gasteiger partial charge in [0.1, 0.15) is 0 Å². The molecule has 0 amide bonds. The van der Waals surface area contributed by atoms with Crippen molar-refractivity contribution in [2.75, 3.05) is 19.6 Å². The lowest BCUT2D eigenvalue weighted by Crippen LogP contribution is -2.28. The smallest absolute Gasteiger partial charge is 0.0465 e. The van der Waals surface area contributed by atoms with Crippen LogP contribution in [0.3, 0.4) is 0 Å². The minimum Gasteiger partial charge on any atom is -0.311 e. The van der Waals surface area contributed by atoms with Gasteiger partial charge in [-0.05, 0) is 236 Å². The lowest BCUT2D eigenvalue weighted by Gasteiger charge is -2.36. The Morgan fingerprint density at radius 3 is 0.630 bits per heavy atom. The van der Waals surface area contributed by atoms with Gasteiger partial charge >= 0.3 is 0 Å². The molecule has 2 aliphatic carbocycles. The van der Waals surface area contributed by atoms with Gasteiger partial charge in [0.2, 0.25) is 0 Å². The van der Waals surface area contributed by atoms with Crippen molar-refractivity contribution in [2.24, 2.45) is 0 Å². The third-order valence-electron chi connectivity index (χ3n) is 20.5. The fourth-order valence-corrected chi connectivity index (χ4v) is 15.5. The molecular formula is C96H74N4. The second kappa shape index (κ2) is 27.2.